The third-order valence-corrected chi connectivity index (χ3v) is 3.73. The molecule has 4 nitrogen and oxygen atoms in total. The van der Waals surface area contributed by atoms with Crippen molar-refractivity contribution >= 4 is 11.6 Å². The second-order valence-corrected chi connectivity index (χ2v) is 6.25. The Morgan fingerprint density at radius 3 is 2.00 bits per heavy atom. The summed E-state index contributed by atoms with van der Waals surface area (Å²) in [6, 6.07) is 8.23. The highest BCUT2D eigenvalue weighted by atomic mass is 16.2. The zero-order chi connectivity index (χ0) is 15.4. The standard InChI is InChI=1S/C17H15NO3/c1-17(2,3)12-8-11-13(16(21)18-12)15(20)10-7-5-4-6-9(10)14(11)19/h4-8H,1-3H3,(H,18,21). The molecule has 1 aliphatic rings. The van der Waals surface area contributed by atoms with Gasteiger partial charge in [-0.05, 0) is 6.07 Å². The third-order valence-electron chi connectivity index (χ3n) is 3.73. The van der Waals surface area contributed by atoms with Gasteiger partial charge in [-0.2, -0.15) is 0 Å². The second-order valence-electron chi connectivity index (χ2n) is 6.25. The van der Waals surface area contributed by atoms with Crippen LogP contribution in [-0.2, 0) is 5.41 Å². The molecule has 0 spiro atoms. The number of pyridine rings is 1. The lowest BCUT2D eigenvalue weighted by Crippen LogP contribution is -2.32. The van der Waals surface area contributed by atoms with Gasteiger partial charge in [-0.15, -0.1) is 0 Å². The Balaban J connectivity index is 2.34. The van der Waals surface area contributed by atoms with E-state index in [1.165, 1.54) is 0 Å². The SMILES string of the molecule is CC(C)(C)c1cc2c(c(=O)[nH]1)C(=O)c1ccccc1C2=O. The fourth-order valence-corrected chi connectivity index (χ4v) is 2.53. The van der Waals surface area contributed by atoms with Crippen molar-refractivity contribution in [2.75, 3.05) is 0 Å². The monoisotopic (exact) mass is 281 g/mol. The summed E-state index contributed by atoms with van der Waals surface area (Å²) in [4.78, 5) is 40.0. The van der Waals surface area contributed by atoms with Crippen LogP contribution in [0, 0.1) is 0 Å². The molecule has 1 aromatic heterocycles. The van der Waals surface area contributed by atoms with Gasteiger partial charge >= 0.3 is 0 Å². The summed E-state index contributed by atoms with van der Waals surface area (Å²) in [5.74, 6) is -0.654. The van der Waals surface area contributed by atoms with Crippen LogP contribution in [0.5, 0.6) is 0 Å². The number of hydrogen-bond donors (Lipinski definition) is 1. The Kier molecular flexibility index (Phi) is 2.73. The Labute approximate surface area is 121 Å². The number of aromatic nitrogens is 1. The highest BCUT2D eigenvalue weighted by Gasteiger charge is 2.33. The van der Waals surface area contributed by atoms with Crippen LogP contribution >= 0.6 is 0 Å². The quantitative estimate of drug-likeness (QED) is 0.688. The summed E-state index contributed by atoms with van der Waals surface area (Å²) >= 11 is 0. The van der Waals surface area contributed by atoms with Gasteiger partial charge in [-0.25, -0.2) is 0 Å². The van der Waals surface area contributed by atoms with E-state index in [0.717, 1.165) is 0 Å². The maximum absolute atomic E-state index is 12.6. The van der Waals surface area contributed by atoms with E-state index in [1.807, 2.05) is 20.8 Å². The average molecular weight is 281 g/mol. The molecular formula is C17H15NO3. The maximum atomic E-state index is 12.6. The summed E-state index contributed by atoms with van der Waals surface area (Å²) in [6.07, 6.45) is 0. The normalized spacial score (nSPS) is 13.9. The van der Waals surface area contributed by atoms with E-state index in [1.54, 1.807) is 30.3 Å². The summed E-state index contributed by atoms with van der Waals surface area (Å²) in [5.41, 5.74) is 0.648. The summed E-state index contributed by atoms with van der Waals surface area (Å²) in [6.45, 7) is 5.81. The van der Waals surface area contributed by atoms with Crippen molar-refractivity contribution in [3.05, 3.63) is 68.6 Å². The van der Waals surface area contributed by atoms with Gasteiger partial charge in [0.1, 0.15) is 0 Å². The molecule has 21 heavy (non-hydrogen) atoms. The number of aromatic amines is 1. The van der Waals surface area contributed by atoms with Crippen LogP contribution in [0.3, 0.4) is 0 Å². The Hall–Kier alpha value is -2.49. The fourth-order valence-electron chi connectivity index (χ4n) is 2.53. The molecule has 0 fully saturated rings. The zero-order valence-electron chi connectivity index (χ0n) is 12.1. The highest BCUT2D eigenvalue weighted by molar-refractivity contribution is 6.28. The summed E-state index contributed by atoms with van der Waals surface area (Å²) in [7, 11) is 0. The van der Waals surface area contributed by atoms with Gasteiger partial charge in [-0.3, -0.25) is 14.4 Å². The van der Waals surface area contributed by atoms with Crippen molar-refractivity contribution in [3.8, 4) is 0 Å². The molecule has 106 valence electrons. The van der Waals surface area contributed by atoms with Crippen molar-refractivity contribution < 1.29 is 9.59 Å². The minimum absolute atomic E-state index is 0.0494. The van der Waals surface area contributed by atoms with Gasteiger partial charge in [0.25, 0.3) is 5.56 Å². The van der Waals surface area contributed by atoms with Crippen LogP contribution in [0.25, 0.3) is 0 Å². The van der Waals surface area contributed by atoms with E-state index in [2.05, 4.69) is 4.98 Å². The van der Waals surface area contributed by atoms with E-state index >= 15 is 0 Å². The average Bonchev–Trinajstić information content (AvgIpc) is 2.43. The van der Waals surface area contributed by atoms with Gasteiger partial charge in [0.15, 0.2) is 11.6 Å². The zero-order valence-corrected chi connectivity index (χ0v) is 12.1. The number of fused-ring (bicyclic) bond motifs is 2. The van der Waals surface area contributed by atoms with E-state index in [-0.39, 0.29) is 28.1 Å². The van der Waals surface area contributed by atoms with E-state index in [0.29, 0.717) is 16.8 Å². The molecule has 0 bridgehead atoms. The molecule has 0 amide bonds. The molecule has 0 atom stereocenters. The van der Waals surface area contributed by atoms with Crippen molar-refractivity contribution in [2.45, 2.75) is 26.2 Å². The van der Waals surface area contributed by atoms with Crippen molar-refractivity contribution in [1.82, 2.24) is 4.98 Å². The van der Waals surface area contributed by atoms with Gasteiger partial charge in [0.2, 0.25) is 0 Å². The molecule has 1 heterocycles. The van der Waals surface area contributed by atoms with Crippen LogP contribution in [0.4, 0.5) is 0 Å². The molecular weight excluding hydrogens is 266 g/mol. The largest absolute Gasteiger partial charge is 0.325 e. The number of carbonyl (C=O) groups is 2. The lowest BCUT2D eigenvalue weighted by atomic mass is 9.82. The topological polar surface area (TPSA) is 67.0 Å². The van der Waals surface area contributed by atoms with Crippen LogP contribution in [0.1, 0.15) is 58.3 Å². The molecule has 0 unspecified atom stereocenters. The van der Waals surface area contributed by atoms with Gasteiger partial charge in [-0.1, -0.05) is 45.0 Å². The summed E-state index contributed by atoms with van der Waals surface area (Å²) < 4.78 is 0. The number of benzene rings is 1. The molecule has 1 aliphatic carbocycles. The Bertz CT molecular complexity index is 838. The molecule has 4 heteroatoms. The number of carbonyl (C=O) groups excluding carboxylic acids is 2. The molecule has 2 aromatic rings. The molecule has 3 rings (SSSR count). The first-order chi connectivity index (χ1) is 9.80. The van der Waals surface area contributed by atoms with Crippen molar-refractivity contribution in [1.29, 1.82) is 0 Å². The number of rotatable bonds is 0. The van der Waals surface area contributed by atoms with Crippen LogP contribution in [0.2, 0.25) is 0 Å². The van der Waals surface area contributed by atoms with Crippen molar-refractivity contribution in [2.24, 2.45) is 0 Å². The lowest BCUT2D eigenvalue weighted by Gasteiger charge is -2.22. The van der Waals surface area contributed by atoms with Crippen LogP contribution in [-0.4, -0.2) is 16.6 Å². The first-order valence-corrected chi connectivity index (χ1v) is 6.77. The molecule has 1 N–H and O–H groups in total. The van der Waals surface area contributed by atoms with Crippen molar-refractivity contribution in [3.63, 3.8) is 0 Å². The predicted octanol–water partition coefficient (Wildman–Crippen LogP) is 2.45. The lowest BCUT2D eigenvalue weighted by molar-refractivity contribution is 0.0977. The fraction of sp³-hybridized carbons (Fsp3) is 0.235. The molecule has 0 saturated carbocycles. The maximum Gasteiger partial charge on any atom is 0.260 e. The van der Waals surface area contributed by atoms with Gasteiger partial charge in [0, 0.05) is 27.8 Å². The van der Waals surface area contributed by atoms with E-state index < -0.39 is 5.56 Å². The second kappa shape index (κ2) is 4.25. The first-order valence-electron chi connectivity index (χ1n) is 6.77. The summed E-state index contributed by atoms with van der Waals surface area (Å²) in [5, 5.41) is 0. The van der Waals surface area contributed by atoms with Gasteiger partial charge < -0.3 is 4.98 Å². The third kappa shape index (κ3) is 1.95. The predicted molar refractivity (Wildman–Crippen MR) is 79.1 cm³/mol. The van der Waals surface area contributed by atoms with E-state index in [9.17, 15) is 14.4 Å². The first kappa shape index (κ1) is 13.5. The number of nitrogens with one attached hydrogen (secondary N) is 1. The van der Waals surface area contributed by atoms with E-state index in [4.69, 9.17) is 0 Å². The minimum atomic E-state index is -0.495. The minimum Gasteiger partial charge on any atom is -0.325 e. The number of ketones is 2. The Morgan fingerprint density at radius 2 is 1.43 bits per heavy atom. The Morgan fingerprint density at radius 1 is 0.857 bits per heavy atom. The van der Waals surface area contributed by atoms with Crippen LogP contribution < -0.4 is 5.56 Å². The molecule has 0 saturated heterocycles. The number of H-pyrrole nitrogens is 1. The van der Waals surface area contributed by atoms with Crippen LogP contribution in [0.15, 0.2) is 35.1 Å². The molecule has 1 aromatic carbocycles. The number of hydrogen-bond acceptors (Lipinski definition) is 3. The van der Waals surface area contributed by atoms with Gasteiger partial charge in [0.05, 0.1) is 5.56 Å². The highest BCUT2D eigenvalue weighted by Crippen LogP contribution is 2.28. The smallest absolute Gasteiger partial charge is 0.260 e. The molecule has 0 aliphatic heterocycles. The molecule has 0 radical (unpaired) electrons.